The molecule has 0 aliphatic carbocycles. The molecule has 0 radical (unpaired) electrons. The summed E-state index contributed by atoms with van der Waals surface area (Å²) in [4.78, 5) is 18.5. The first-order chi connectivity index (χ1) is 9.11. The fourth-order valence-corrected chi connectivity index (χ4v) is 1.45. The first kappa shape index (κ1) is 12.7. The molecule has 7 nitrogen and oxygen atoms in total. The number of nitrogens with one attached hydrogen (secondary N) is 1. The molecule has 0 aliphatic heterocycles. The summed E-state index contributed by atoms with van der Waals surface area (Å²) in [6.07, 6.45) is 1.59. The standard InChI is InChI=1S/C12H12N4O3/c1-8-7-14-12(13-2)15-11(8)19-10-6-4-3-5-9(10)16(17)18/h3-7H,1-2H3,(H,13,14,15). The minimum atomic E-state index is -0.495. The van der Waals surface area contributed by atoms with Gasteiger partial charge in [0, 0.05) is 24.9 Å². The first-order valence-corrected chi connectivity index (χ1v) is 5.54. The maximum Gasteiger partial charge on any atom is 0.311 e. The van der Waals surface area contributed by atoms with Gasteiger partial charge in [0.1, 0.15) is 0 Å². The van der Waals surface area contributed by atoms with Crippen LogP contribution >= 0.6 is 0 Å². The van der Waals surface area contributed by atoms with Crippen LogP contribution in [0.3, 0.4) is 0 Å². The summed E-state index contributed by atoms with van der Waals surface area (Å²) in [6, 6.07) is 6.15. The maximum atomic E-state index is 10.9. The summed E-state index contributed by atoms with van der Waals surface area (Å²) in [5.74, 6) is 0.823. The van der Waals surface area contributed by atoms with E-state index in [1.807, 2.05) is 0 Å². The molecule has 7 heteroatoms. The predicted octanol–water partition coefficient (Wildman–Crippen LogP) is 2.53. The third kappa shape index (κ3) is 2.76. The van der Waals surface area contributed by atoms with E-state index in [9.17, 15) is 10.1 Å². The van der Waals surface area contributed by atoms with E-state index in [0.717, 1.165) is 0 Å². The highest BCUT2D eigenvalue weighted by Crippen LogP contribution is 2.31. The summed E-state index contributed by atoms with van der Waals surface area (Å²) in [5.41, 5.74) is 0.587. The fraction of sp³-hybridized carbons (Fsp3) is 0.167. The molecule has 0 bridgehead atoms. The molecule has 0 aliphatic rings. The molecule has 0 amide bonds. The minimum absolute atomic E-state index is 0.105. The second-order valence-corrected chi connectivity index (χ2v) is 3.76. The Kier molecular flexibility index (Phi) is 3.56. The van der Waals surface area contributed by atoms with Crippen LogP contribution in [0.25, 0.3) is 0 Å². The molecule has 98 valence electrons. The number of hydrogen-bond donors (Lipinski definition) is 1. The third-order valence-electron chi connectivity index (χ3n) is 2.42. The van der Waals surface area contributed by atoms with Crippen molar-refractivity contribution in [1.82, 2.24) is 9.97 Å². The highest BCUT2D eigenvalue weighted by Gasteiger charge is 2.16. The average molecular weight is 260 g/mol. The molecule has 2 rings (SSSR count). The Morgan fingerprint density at radius 1 is 1.37 bits per heavy atom. The molecule has 0 saturated heterocycles. The highest BCUT2D eigenvalue weighted by molar-refractivity contribution is 5.48. The minimum Gasteiger partial charge on any atom is -0.431 e. The number of nitro groups is 1. The Bertz CT molecular complexity index is 616. The van der Waals surface area contributed by atoms with Gasteiger partial charge in [0.05, 0.1) is 4.92 Å². The molecule has 0 spiro atoms. The molecule has 0 fully saturated rings. The van der Waals surface area contributed by atoms with Gasteiger partial charge in [0.2, 0.25) is 17.6 Å². The largest absolute Gasteiger partial charge is 0.431 e. The molecule has 1 heterocycles. The highest BCUT2D eigenvalue weighted by atomic mass is 16.6. The van der Waals surface area contributed by atoms with E-state index in [2.05, 4.69) is 15.3 Å². The lowest BCUT2D eigenvalue weighted by molar-refractivity contribution is -0.385. The molecule has 0 saturated carbocycles. The lowest BCUT2D eigenvalue weighted by Crippen LogP contribution is -2.00. The SMILES string of the molecule is CNc1ncc(C)c(Oc2ccccc2[N+](=O)[O-])n1. The predicted molar refractivity (Wildman–Crippen MR) is 69.5 cm³/mol. The van der Waals surface area contributed by atoms with Gasteiger partial charge in [-0.2, -0.15) is 4.98 Å². The van der Waals surface area contributed by atoms with E-state index in [-0.39, 0.29) is 17.3 Å². The number of rotatable bonds is 4. The summed E-state index contributed by atoms with van der Waals surface area (Å²) in [6.45, 7) is 1.77. The molecular formula is C12H12N4O3. The smallest absolute Gasteiger partial charge is 0.311 e. The lowest BCUT2D eigenvalue weighted by atomic mass is 10.3. The van der Waals surface area contributed by atoms with Crippen LogP contribution in [0.2, 0.25) is 0 Å². The third-order valence-corrected chi connectivity index (χ3v) is 2.42. The number of para-hydroxylation sites is 2. The zero-order valence-electron chi connectivity index (χ0n) is 10.5. The zero-order chi connectivity index (χ0) is 13.8. The van der Waals surface area contributed by atoms with Gasteiger partial charge in [0.15, 0.2) is 0 Å². The number of ether oxygens (including phenoxy) is 1. The van der Waals surface area contributed by atoms with Crippen molar-refractivity contribution < 1.29 is 9.66 Å². The maximum absolute atomic E-state index is 10.9. The van der Waals surface area contributed by atoms with Crippen LogP contribution in [0.15, 0.2) is 30.5 Å². The van der Waals surface area contributed by atoms with Crippen molar-refractivity contribution >= 4 is 11.6 Å². The van der Waals surface area contributed by atoms with Gasteiger partial charge in [-0.15, -0.1) is 0 Å². The van der Waals surface area contributed by atoms with Crippen LogP contribution in [-0.4, -0.2) is 21.9 Å². The monoisotopic (exact) mass is 260 g/mol. The molecule has 1 N–H and O–H groups in total. The van der Waals surface area contributed by atoms with E-state index in [1.165, 1.54) is 12.1 Å². The van der Waals surface area contributed by atoms with Gasteiger partial charge < -0.3 is 10.1 Å². The van der Waals surface area contributed by atoms with E-state index in [4.69, 9.17) is 4.74 Å². The van der Waals surface area contributed by atoms with Crippen LogP contribution in [0.4, 0.5) is 11.6 Å². The number of hydrogen-bond acceptors (Lipinski definition) is 6. The summed E-state index contributed by atoms with van der Waals surface area (Å²) < 4.78 is 5.51. The van der Waals surface area contributed by atoms with Crippen molar-refractivity contribution in [2.75, 3.05) is 12.4 Å². The van der Waals surface area contributed by atoms with E-state index in [0.29, 0.717) is 11.5 Å². The van der Waals surface area contributed by atoms with E-state index in [1.54, 1.807) is 32.3 Å². The van der Waals surface area contributed by atoms with Crippen LogP contribution in [-0.2, 0) is 0 Å². The van der Waals surface area contributed by atoms with E-state index >= 15 is 0 Å². The second kappa shape index (κ2) is 5.30. The summed E-state index contributed by atoms with van der Waals surface area (Å²) >= 11 is 0. The Morgan fingerprint density at radius 3 is 2.79 bits per heavy atom. The fourth-order valence-electron chi connectivity index (χ4n) is 1.45. The summed E-state index contributed by atoms with van der Waals surface area (Å²) in [5, 5.41) is 13.7. The molecule has 1 aromatic carbocycles. The first-order valence-electron chi connectivity index (χ1n) is 5.54. The number of aryl methyl sites for hydroxylation is 1. The number of nitro benzene ring substituents is 1. The lowest BCUT2D eigenvalue weighted by Gasteiger charge is -2.08. The van der Waals surface area contributed by atoms with Crippen molar-refractivity contribution in [3.63, 3.8) is 0 Å². The molecule has 1 aromatic heterocycles. The normalized spacial score (nSPS) is 10.0. The molecule has 2 aromatic rings. The van der Waals surface area contributed by atoms with Gasteiger partial charge in [-0.3, -0.25) is 10.1 Å². The summed E-state index contributed by atoms with van der Waals surface area (Å²) in [7, 11) is 1.68. The van der Waals surface area contributed by atoms with Gasteiger partial charge in [0.25, 0.3) is 0 Å². The van der Waals surface area contributed by atoms with Crippen molar-refractivity contribution in [2.45, 2.75) is 6.92 Å². The van der Waals surface area contributed by atoms with Crippen molar-refractivity contribution in [2.24, 2.45) is 0 Å². The van der Waals surface area contributed by atoms with Crippen LogP contribution in [0, 0.1) is 17.0 Å². The zero-order valence-corrected chi connectivity index (χ0v) is 10.5. The Balaban J connectivity index is 2.38. The van der Waals surface area contributed by atoms with Crippen molar-refractivity contribution in [3.05, 3.63) is 46.1 Å². The van der Waals surface area contributed by atoms with Gasteiger partial charge in [-0.05, 0) is 13.0 Å². The van der Waals surface area contributed by atoms with Crippen LogP contribution in [0.5, 0.6) is 11.6 Å². The number of anilines is 1. The Hall–Kier alpha value is -2.70. The molecule has 0 atom stereocenters. The van der Waals surface area contributed by atoms with Gasteiger partial charge >= 0.3 is 5.69 Å². The van der Waals surface area contributed by atoms with E-state index < -0.39 is 4.92 Å². The topological polar surface area (TPSA) is 90.2 Å². The van der Waals surface area contributed by atoms with Crippen molar-refractivity contribution in [3.8, 4) is 11.6 Å². The Morgan fingerprint density at radius 2 is 2.11 bits per heavy atom. The number of aromatic nitrogens is 2. The second-order valence-electron chi connectivity index (χ2n) is 3.76. The van der Waals surface area contributed by atoms with Crippen LogP contribution in [0.1, 0.15) is 5.56 Å². The van der Waals surface area contributed by atoms with Crippen LogP contribution < -0.4 is 10.1 Å². The number of benzene rings is 1. The molecule has 0 unspecified atom stereocenters. The van der Waals surface area contributed by atoms with Gasteiger partial charge in [-0.25, -0.2) is 4.98 Å². The average Bonchev–Trinajstić information content (AvgIpc) is 2.41. The number of nitrogens with zero attached hydrogens (tertiary/aromatic N) is 3. The molecule has 19 heavy (non-hydrogen) atoms. The van der Waals surface area contributed by atoms with Gasteiger partial charge in [-0.1, -0.05) is 12.1 Å². The van der Waals surface area contributed by atoms with Crippen molar-refractivity contribution in [1.29, 1.82) is 0 Å². The molecular weight excluding hydrogens is 248 g/mol. The Labute approximate surface area is 109 Å². The quantitative estimate of drug-likeness (QED) is 0.671.